The first-order valence-corrected chi connectivity index (χ1v) is 8.22. The lowest BCUT2D eigenvalue weighted by Crippen LogP contribution is -2.46. The van der Waals surface area contributed by atoms with Gasteiger partial charge in [-0.25, -0.2) is 8.78 Å². The van der Waals surface area contributed by atoms with E-state index in [9.17, 15) is 13.6 Å². The van der Waals surface area contributed by atoms with Crippen molar-refractivity contribution in [3.8, 4) is 0 Å². The lowest BCUT2D eigenvalue weighted by molar-refractivity contribution is -0.138. The number of aryl methyl sites for hydroxylation is 1. The van der Waals surface area contributed by atoms with Crippen LogP contribution in [0.2, 0.25) is 0 Å². The molecule has 1 fully saturated rings. The minimum Gasteiger partial charge on any atom is -0.424 e. The normalized spacial score (nSPS) is 19.8. The summed E-state index contributed by atoms with van der Waals surface area (Å²) in [6, 6.07) is 3.82. The van der Waals surface area contributed by atoms with Crippen molar-refractivity contribution in [2.45, 2.75) is 52.1 Å². The summed E-state index contributed by atoms with van der Waals surface area (Å²) >= 11 is 0. The molecule has 0 saturated heterocycles. The van der Waals surface area contributed by atoms with E-state index in [4.69, 9.17) is 4.42 Å². The smallest absolute Gasteiger partial charge is 0.235 e. The number of carbonyl (C=O) groups is 1. The summed E-state index contributed by atoms with van der Waals surface area (Å²) in [7, 11) is 0. The molecule has 1 aliphatic carbocycles. The third kappa shape index (κ3) is 3.70. The van der Waals surface area contributed by atoms with Gasteiger partial charge in [0, 0.05) is 18.4 Å². The van der Waals surface area contributed by atoms with Gasteiger partial charge in [-0.1, -0.05) is 6.07 Å². The Hall–Kier alpha value is -2.31. The van der Waals surface area contributed by atoms with Crippen LogP contribution in [0.4, 0.5) is 8.78 Å². The molecule has 0 aliphatic heterocycles. The van der Waals surface area contributed by atoms with Crippen molar-refractivity contribution in [1.29, 1.82) is 0 Å². The van der Waals surface area contributed by atoms with Gasteiger partial charge in [0.1, 0.15) is 0 Å². The topological polar surface area (TPSA) is 59.2 Å². The summed E-state index contributed by atoms with van der Waals surface area (Å²) in [6.07, 6.45) is 0.624. The molecule has 3 rings (SSSR count). The first kappa shape index (κ1) is 17.5. The molecule has 1 aromatic heterocycles. The molecule has 1 aliphatic rings. The van der Waals surface area contributed by atoms with Crippen molar-refractivity contribution in [2.75, 3.05) is 0 Å². The predicted octanol–water partition coefficient (Wildman–Crippen LogP) is 3.59. The van der Waals surface area contributed by atoms with Gasteiger partial charge < -0.3 is 9.32 Å². The second-order valence-corrected chi connectivity index (χ2v) is 7.43. The number of hydrogen-bond donors (Lipinski definition) is 0. The molecule has 0 bridgehead atoms. The maximum absolute atomic E-state index is 13.4. The van der Waals surface area contributed by atoms with Crippen molar-refractivity contribution in [3.63, 3.8) is 0 Å². The number of nitrogens with zero attached hydrogens (tertiary/aromatic N) is 3. The van der Waals surface area contributed by atoms with Gasteiger partial charge in [0.05, 0.1) is 6.54 Å². The van der Waals surface area contributed by atoms with Crippen LogP contribution in [-0.4, -0.2) is 26.5 Å². The van der Waals surface area contributed by atoms with E-state index in [-0.39, 0.29) is 24.3 Å². The zero-order valence-corrected chi connectivity index (χ0v) is 14.7. The van der Waals surface area contributed by atoms with Crippen LogP contribution in [0.5, 0.6) is 0 Å². The molecule has 1 amide bonds. The molecule has 0 spiro atoms. The van der Waals surface area contributed by atoms with Crippen LogP contribution < -0.4 is 0 Å². The number of amides is 1. The fraction of sp³-hybridized carbons (Fsp3) is 0.500. The Kier molecular flexibility index (Phi) is 4.34. The van der Waals surface area contributed by atoms with Crippen LogP contribution in [0.15, 0.2) is 22.6 Å². The Morgan fingerprint density at radius 1 is 1.28 bits per heavy atom. The molecule has 5 nitrogen and oxygen atoms in total. The predicted molar refractivity (Wildman–Crippen MR) is 86.5 cm³/mol. The van der Waals surface area contributed by atoms with Gasteiger partial charge in [0.15, 0.2) is 11.6 Å². The lowest BCUT2D eigenvalue weighted by Gasteiger charge is -2.35. The number of halogens is 2. The van der Waals surface area contributed by atoms with Crippen molar-refractivity contribution < 1.29 is 18.0 Å². The SMILES string of the molecule is Cc1nnc(CN(C(=O)[C@@H]2C[C@H]2c2ccc(F)c(F)c2)C(C)(C)C)o1. The van der Waals surface area contributed by atoms with Crippen molar-refractivity contribution in [3.05, 3.63) is 47.2 Å². The highest BCUT2D eigenvalue weighted by Crippen LogP contribution is 2.49. The number of benzene rings is 1. The summed E-state index contributed by atoms with van der Waals surface area (Å²) < 4.78 is 31.9. The number of carbonyl (C=O) groups excluding carboxylic acids is 1. The third-order valence-electron chi connectivity index (χ3n) is 4.42. The van der Waals surface area contributed by atoms with E-state index in [2.05, 4.69) is 10.2 Å². The highest BCUT2D eigenvalue weighted by atomic mass is 19.2. The zero-order chi connectivity index (χ0) is 18.4. The molecule has 2 atom stereocenters. The quantitative estimate of drug-likeness (QED) is 0.846. The molecular formula is C18H21F2N3O2. The Morgan fingerprint density at radius 3 is 2.56 bits per heavy atom. The van der Waals surface area contributed by atoms with Gasteiger partial charge in [-0.05, 0) is 50.8 Å². The molecule has 0 radical (unpaired) electrons. The first-order valence-electron chi connectivity index (χ1n) is 8.22. The number of aromatic nitrogens is 2. The van der Waals surface area contributed by atoms with E-state index in [0.717, 1.165) is 6.07 Å². The maximum atomic E-state index is 13.4. The van der Waals surface area contributed by atoms with Gasteiger partial charge >= 0.3 is 0 Å². The van der Waals surface area contributed by atoms with Crippen LogP contribution in [-0.2, 0) is 11.3 Å². The Morgan fingerprint density at radius 2 is 2.00 bits per heavy atom. The fourth-order valence-electron chi connectivity index (χ4n) is 2.96. The van der Waals surface area contributed by atoms with Crippen molar-refractivity contribution >= 4 is 5.91 Å². The van der Waals surface area contributed by atoms with Crippen LogP contribution in [0.1, 0.15) is 50.5 Å². The zero-order valence-electron chi connectivity index (χ0n) is 14.7. The monoisotopic (exact) mass is 349 g/mol. The standard InChI is InChI=1S/C18H21F2N3O2/c1-10-21-22-16(25-10)9-23(18(2,3)4)17(24)13-8-12(13)11-5-6-14(19)15(20)7-11/h5-7,12-13H,8-9H2,1-4H3/t12-,13+/m0/s1. The van der Waals surface area contributed by atoms with E-state index < -0.39 is 17.2 Å². The molecule has 1 aromatic carbocycles. The summed E-state index contributed by atoms with van der Waals surface area (Å²) in [5.74, 6) is -1.31. The maximum Gasteiger partial charge on any atom is 0.235 e. The van der Waals surface area contributed by atoms with E-state index in [1.165, 1.54) is 6.07 Å². The van der Waals surface area contributed by atoms with Crippen molar-refractivity contribution in [2.24, 2.45) is 5.92 Å². The minimum atomic E-state index is -0.885. The minimum absolute atomic E-state index is 0.0434. The van der Waals surface area contributed by atoms with E-state index in [1.54, 1.807) is 17.9 Å². The molecule has 1 heterocycles. The summed E-state index contributed by atoms with van der Waals surface area (Å²) in [6.45, 7) is 7.72. The van der Waals surface area contributed by atoms with Crippen molar-refractivity contribution in [1.82, 2.24) is 15.1 Å². The summed E-state index contributed by atoms with van der Waals surface area (Å²) in [5, 5.41) is 7.75. The molecule has 1 saturated carbocycles. The first-order chi connectivity index (χ1) is 11.7. The number of rotatable bonds is 4. The average molecular weight is 349 g/mol. The Bertz CT molecular complexity index is 798. The molecule has 25 heavy (non-hydrogen) atoms. The highest BCUT2D eigenvalue weighted by Gasteiger charge is 2.48. The highest BCUT2D eigenvalue weighted by molar-refractivity contribution is 5.83. The second-order valence-electron chi connectivity index (χ2n) is 7.43. The molecule has 2 aromatic rings. The molecule has 0 N–H and O–H groups in total. The molecule has 7 heteroatoms. The Balaban J connectivity index is 1.76. The van der Waals surface area contributed by atoms with Gasteiger partial charge in [-0.3, -0.25) is 4.79 Å². The van der Waals surface area contributed by atoms with Crippen LogP contribution >= 0.6 is 0 Å². The van der Waals surface area contributed by atoms with Crippen LogP contribution in [0.25, 0.3) is 0 Å². The summed E-state index contributed by atoms with van der Waals surface area (Å²) in [4.78, 5) is 14.7. The average Bonchev–Trinajstić information content (AvgIpc) is 3.22. The lowest BCUT2D eigenvalue weighted by atomic mass is 10.0. The number of hydrogen-bond acceptors (Lipinski definition) is 4. The second kappa shape index (κ2) is 6.20. The molecule has 0 unspecified atom stereocenters. The van der Waals surface area contributed by atoms with E-state index in [1.807, 2.05) is 20.8 Å². The largest absolute Gasteiger partial charge is 0.424 e. The molecular weight excluding hydrogens is 328 g/mol. The van der Waals surface area contributed by atoms with Crippen LogP contribution in [0, 0.1) is 24.5 Å². The van der Waals surface area contributed by atoms with Gasteiger partial charge in [-0.15, -0.1) is 10.2 Å². The van der Waals surface area contributed by atoms with Gasteiger partial charge in [0.2, 0.25) is 17.7 Å². The van der Waals surface area contributed by atoms with Gasteiger partial charge in [-0.2, -0.15) is 0 Å². The van der Waals surface area contributed by atoms with Crippen LogP contribution in [0.3, 0.4) is 0 Å². The van der Waals surface area contributed by atoms with E-state index in [0.29, 0.717) is 23.8 Å². The van der Waals surface area contributed by atoms with E-state index >= 15 is 0 Å². The van der Waals surface area contributed by atoms with Gasteiger partial charge in [0.25, 0.3) is 0 Å². The fourth-order valence-corrected chi connectivity index (χ4v) is 2.96. The summed E-state index contributed by atoms with van der Waals surface area (Å²) in [5.41, 5.74) is 0.223. The Labute approximate surface area is 145 Å². The molecule has 134 valence electrons. The third-order valence-corrected chi connectivity index (χ3v) is 4.42.